The molecule has 98 valence electrons. The average Bonchev–Trinajstić information content (AvgIpc) is 2.50. The molecule has 0 aliphatic carbocycles. The Morgan fingerprint density at radius 1 is 0.947 bits per heavy atom. The minimum Gasteiger partial charge on any atom is -0.371 e. The highest BCUT2D eigenvalue weighted by atomic mass is 16.5. The SMILES string of the molecule is c1ccc(C[C@H]2CO[C@H](c3ccccc3)CN2)cc1. The molecule has 2 heteroatoms. The van der Waals surface area contributed by atoms with Gasteiger partial charge in [0.15, 0.2) is 0 Å². The van der Waals surface area contributed by atoms with Crippen molar-refractivity contribution < 1.29 is 4.74 Å². The van der Waals surface area contributed by atoms with E-state index >= 15 is 0 Å². The van der Waals surface area contributed by atoms with Crippen LogP contribution in [0.2, 0.25) is 0 Å². The fourth-order valence-corrected chi connectivity index (χ4v) is 2.54. The lowest BCUT2D eigenvalue weighted by atomic mass is 10.0. The second-order valence-electron chi connectivity index (χ2n) is 5.03. The van der Waals surface area contributed by atoms with Gasteiger partial charge in [-0.1, -0.05) is 60.7 Å². The van der Waals surface area contributed by atoms with Crippen LogP contribution < -0.4 is 5.32 Å². The van der Waals surface area contributed by atoms with Gasteiger partial charge in [-0.25, -0.2) is 0 Å². The molecule has 2 aromatic carbocycles. The number of morpholine rings is 1. The number of nitrogens with one attached hydrogen (secondary N) is 1. The van der Waals surface area contributed by atoms with Crippen LogP contribution in [-0.2, 0) is 11.2 Å². The van der Waals surface area contributed by atoms with Gasteiger partial charge in [-0.2, -0.15) is 0 Å². The Balaban J connectivity index is 1.55. The average molecular weight is 253 g/mol. The Bertz CT molecular complexity index is 489. The van der Waals surface area contributed by atoms with E-state index in [1.54, 1.807) is 0 Å². The molecule has 2 aromatic rings. The largest absolute Gasteiger partial charge is 0.371 e. The van der Waals surface area contributed by atoms with Crippen LogP contribution in [0.1, 0.15) is 17.2 Å². The first-order valence-corrected chi connectivity index (χ1v) is 6.85. The molecular formula is C17H19NO. The zero-order valence-corrected chi connectivity index (χ0v) is 11.0. The van der Waals surface area contributed by atoms with E-state index in [0.29, 0.717) is 6.04 Å². The molecule has 0 aromatic heterocycles. The van der Waals surface area contributed by atoms with Crippen molar-refractivity contribution in [2.45, 2.75) is 18.6 Å². The monoisotopic (exact) mass is 253 g/mol. The molecule has 1 heterocycles. The Hall–Kier alpha value is -1.64. The number of rotatable bonds is 3. The van der Waals surface area contributed by atoms with Gasteiger partial charge in [0.2, 0.25) is 0 Å². The van der Waals surface area contributed by atoms with Gasteiger partial charge in [0.25, 0.3) is 0 Å². The third kappa shape index (κ3) is 3.22. The van der Waals surface area contributed by atoms with Crippen molar-refractivity contribution >= 4 is 0 Å². The Morgan fingerprint density at radius 2 is 1.63 bits per heavy atom. The van der Waals surface area contributed by atoms with E-state index in [4.69, 9.17) is 4.74 Å². The van der Waals surface area contributed by atoms with Gasteiger partial charge in [0, 0.05) is 12.6 Å². The second-order valence-corrected chi connectivity index (χ2v) is 5.03. The second kappa shape index (κ2) is 6.00. The van der Waals surface area contributed by atoms with Gasteiger partial charge < -0.3 is 10.1 Å². The fraction of sp³-hybridized carbons (Fsp3) is 0.294. The van der Waals surface area contributed by atoms with E-state index in [2.05, 4.69) is 59.9 Å². The summed E-state index contributed by atoms with van der Waals surface area (Å²) in [5.74, 6) is 0. The Kier molecular flexibility index (Phi) is 3.92. The number of hydrogen-bond acceptors (Lipinski definition) is 2. The maximum absolute atomic E-state index is 5.99. The van der Waals surface area contributed by atoms with Crippen LogP contribution in [0.5, 0.6) is 0 Å². The smallest absolute Gasteiger partial charge is 0.0950 e. The minimum atomic E-state index is 0.188. The van der Waals surface area contributed by atoms with Gasteiger partial charge >= 0.3 is 0 Å². The molecule has 2 atom stereocenters. The molecule has 0 unspecified atom stereocenters. The van der Waals surface area contributed by atoms with Gasteiger partial charge in [-0.15, -0.1) is 0 Å². The number of benzene rings is 2. The highest BCUT2D eigenvalue weighted by molar-refractivity contribution is 5.19. The molecule has 3 rings (SSSR count). The molecule has 1 aliphatic heterocycles. The van der Waals surface area contributed by atoms with E-state index in [9.17, 15) is 0 Å². The molecule has 1 aliphatic rings. The summed E-state index contributed by atoms with van der Waals surface area (Å²) < 4.78 is 5.99. The molecule has 1 N–H and O–H groups in total. The molecule has 0 saturated carbocycles. The van der Waals surface area contributed by atoms with Crippen LogP contribution in [0, 0.1) is 0 Å². The molecule has 19 heavy (non-hydrogen) atoms. The van der Waals surface area contributed by atoms with Crippen LogP contribution in [0.25, 0.3) is 0 Å². The van der Waals surface area contributed by atoms with Crippen LogP contribution in [0.4, 0.5) is 0 Å². The third-order valence-electron chi connectivity index (χ3n) is 3.59. The van der Waals surface area contributed by atoms with Crippen molar-refractivity contribution in [2.24, 2.45) is 0 Å². The Labute approximate surface area is 114 Å². The summed E-state index contributed by atoms with van der Waals surface area (Å²) in [5, 5.41) is 3.59. The Morgan fingerprint density at radius 3 is 2.26 bits per heavy atom. The van der Waals surface area contributed by atoms with Crippen molar-refractivity contribution in [3.8, 4) is 0 Å². The van der Waals surface area contributed by atoms with Crippen molar-refractivity contribution in [3.63, 3.8) is 0 Å². The maximum Gasteiger partial charge on any atom is 0.0950 e. The summed E-state index contributed by atoms with van der Waals surface area (Å²) in [6.45, 7) is 1.66. The van der Waals surface area contributed by atoms with Crippen molar-refractivity contribution in [3.05, 3.63) is 71.8 Å². The van der Waals surface area contributed by atoms with Crippen LogP contribution in [0.3, 0.4) is 0 Å². The summed E-state index contributed by atoms with van der Waals surface area (Å²) in [6, 6.07) is 21.4. The molecule has 0 spiro atoms. The molecule has 2 nitrogen and oxygen atoms in total. The minimum absolute atomic E-state index is 0.188. The lowest BCUT2D eigenvalue weighted by Gasteiger charge is -2.30. The lowest BCUT2D eigenvalue weighted by molar-refractivity contribution is 0.00307. The summed E-state index contributed by atoms with van der Waals surface area (Å²) in [6.07, 6.45) is 1.22. The quantitative estimate of drug-likeness (QED) is 0.908. The van der Waals surface area contributed by atoms with Gasteiger partial charge in [0.1, 0.15) is 0 Å². The summed E-state index contributed by atoms with van der Waals surface area (Å²) >= 11 is 0. The summed E-state index contributed by atoms with van der Waals surface area (Å²) in [4.78, 5) is 0. The molecule has 0 bridgehead atoms. The van der Waals surface area contributed by atoms with Crippen molar-refractivity contribution in [1.29, 1.82) is 0 Å². The molecule has 1 fully saturated rings. The predicted octanol–water partition coefficient (Wildman–Crippen LogP) is 2.96. The van der Waals surface area contributed by atoms with Crippen LogP contribution in [0.15, 0.2) is 60.7 Å². The normalized spacial score (nSPS) is 23.2. The van der Waals surface area contributed by atoms with Gasteiger partial charge in [-0.3, -0.25) is 0 Å². The molecule has 0 radical (unpaired) electrons. The number of ether oxygens (including phenoxy) is 1. The highest BCUT2D eigenvalue weighted by Gasteiger charge is 2.22. The maximum atomic E-state index is 5.99. The first kappa shape index (κ1) is 12.4. The topological polar surface area (TPSA) is 21.3 Å². The number of hydrogen-bond donors (Lipinski definition) is 1. The van der Waals surface area contributed by atoms with Crippen molar-refractivity contribution in [2.75, 3.05) is 13.2 Å². The fourth-order valence-electron chi connectivity index (χ4n) is 2.54. The lowest BCUT2D eigenvalue weighted by Crippen LogP contribution is -2.44. The summed E-state index contributed by atoms with van der Waals surface area (Å²) in [5.41, 5.74) is 2.62. The van der Waals surface area contributed by atoms with Gasteiger partial charge in [-0.05, 0) is 17.5 Å². The first-order valence-electron chi connectivity index (χ1n) is 6.85. The molecule has 0 amide bonds. The highest BCUT2D eigenvalue weighted by Crippen LogP contribution is 2.20. The third-order valence-corrected chi connectivity index (χ3v) is 3.59. The van der Waals surface area contributed by atoms with E-state index in [1.165, 1.54) is 11.1 Å². The molecular weight excluding hydrogens is 234 g/mol. The van der Waals surface area contributed by atoms with E-state index in [-0.39, 0.29) is 6.10 Å². The predicted molar refractivity (Wildman–Crippen MR) is 77.1 cm³/mol. The zero-order chi connectivity index (χ0) is 12.9. The van der Waals surface area contributed by atoms with E-state index in [1.807, 2.05) is 6.07 Å². The summed E-state index contributed by atoms with van der Waals surface area (Å²) in [7, 11) is 0. The standard InChI is InChI=1S/C17H19NO/c1-3-7-14(8-4-1)11-16-13-19-17(12-18-16)15-9-5-2-6-10-15/h1-10,16-18H,11-13H2/t16-,17-/m0/s1. The first-order chi connectivity index (χ1) is 9.42. The zero-order valence-electron chi connectivity index (χ0n) is 11.0. The molecule has 1 saturated heterocycles. The van der Waals surface area contributed by atoms with Gasteiger partial charge in [0.05, 0.1) is 12.7 Å². The van der Waals surface area contributed by atoms with Crippen LogP contribution >= 0.6 is 0 Å². The van der Waals surface area contributed by atoms with E-state index < -0.39 is 0 Å². The van der Waals surface area contributed by atoms with Crippen LogP contribution in [-0.4, -0.2) is 19.2 Å². The van der Waals surface area contributed by atoms with Crippen molar-refractivity contribution in [1.82, 2.24) is 5.32 Å². The van der Waals surface area contributed by atoms with E-state index in [0.717, 1.165) is 19.6 Å².